The summed E-state index contributed by atoms with van der Waals surface area (Å²) in [6.45, 7) is 3.90. The van der Waals surface area contributed by atoms with Gasteiger partial charge in [-0.1, -0.05) is 35.9 Å². The zero-order valence-corrected chi connectivity index (χ0v) is 46.2. The number of imide groups is 1. The number of hydrogen-bond acceptors (Lipinski definition) is 21. The third-order valence-electron chi connectivity index (χ3n) is 13.1. The van der Waals surface area contributed by atoms with Crippen LogP contribution in [0.2, 0.25) is 0 Å². The summed E-state index contributed by atoms with van der Waals surface area (Å²) in [5, 5.41) is 74.3. The van der Waals surface area contributed by atoms with Crippen LogP contribution in [0.1, 0.15) is 56.0 Å². The first kappa shape index (κ1) is 65.1. The summed E-state index contributed by atoms with van der Waals surface area (Å²) in [6, 6.07) is 8.35. The lowest BCUT2D eigenvalue weighted by Gasteiger charge is -2.38. The van der Waals surface area contributed by atoms with Gasteiger partial charge in [-0.15, -0.1) is 0 Å². The number of aliphatic hydroxyl groups excluding tert-OH is 5. The van der Waals surface area contributed by atoms with Crippen LogP contribution in [0.4, 0.5) is 15.9 Å². The number of likely N-dealkylation sites (tertiary alicyclic amines) is 1. The molecule has 10 atom stereocenters. The van der Waals surface area contributed by atoms with Gasteiger partial charge in [0.2, 0.25) is 53.9 Å². The van der Waals surface area contributed by atoms with E-state index in [1.807, 2.05) is 4.72 Å². The van der Waals surface area contributed by atoms with Gasteiger partial charge in [0.1, 0.15) is 64.9 Å². The highest BCUT2D eigenvalue weighted by atomic mass is 32.2. The van der Waals surface area contributed by atoms with Gasteiger partial charge in [-0.05, 0) is 36.8 Å². The van der Waals surface area contributed by atoms with Gasteiger partial charge < -0.3 is 87.6 Å². The standard InChI is InChI=1S/C51H64FN9O20S.CH3/c1-3-78-33-6-4-5-31(52)30(33)9-8-29-25-61(49-43(68)40(65)35(79-49)23-57-82(54,73)74)47-39(29)46(53)56-26-59(47)24-28-7-10-34(80-51-44(69)41(66)42(67)45(81-51)50(71)72)32(22-28)58-37(63)11-13-55-36(62)12-15-75-17-19-77-20-18-76-16-14-60-38(64)21-27(2)48(60)70;/h4-7,10,22,25-27,35,40-45,49,51,53,57,65-69H,3,11-21,23-24H2,1-2H3,(H5,54,55,58,62,63,71,72,73,74);1H3/q;-1/p+1/t27?,35-,40-,41+,42+,43-,44-,45+,49-,51-;/m1./s1. The smallest absolute Gasteiger partial charge is 0.335 e. The normalized spacial score (nSPS) is 23.4. The molecule has 0 aliphatic carbocycles. The van der Waals surface area contributed by atoms with Crippen molar-refractivity contribution in [1.29, 1.82) is 0 Å². The van der Waals surface area contributed by atoms with Crippen LogP contribution in [0.5, 0.6) is 11.5 Å². The second-order valence-corrected chi connectivity index (χ2v) is 20.4. The number of nitrogens with zero attached hydrogens (tertiary/aromatic N) is 4. The van der Waals surface area contributed by atoms with Gasteiger partial charge in [-0.2, -0.15) is 13.1 Å². The number of amides is 4. The van der Waals surface area contributed by atoms with Crippen LogP contribution >= 0.6 is 0 Å². The Morgan fingerprint density at radius 1 is 0.904 bits per heavy atom. The van der Waals surface area contributed by atoms with Crippen molar-refractivity contribution in [2.75, 3.05) is 76.9 Å². The second kappa shape index (κ2) is 29.5. The number of nitrogens with one attached hydrogen (secondary N) is 3. The Kier molecular flexibility index (Phi) is 23.1. The number of fused-ring (bicyclic) bond motifs is 1. The molecular weight excluding hydrogens is 1120 g/mol. The average molecular weight is 1190 g/mol. The molecule has 3 aliphatic rings. The summed E-state index contributed by atoms with van der Waals surface area (Å²) in [6.07, 6.45) is -13.7. The van der Waals surface area contributed by atoms with Crippen molar-refractivity contribution < 1.29 is 105 Å². The van der Waals surface area contributed by atoms with Gasteiger partial charge in [0.15, 0.2) is 6.10 Å². The molecule has 3 saturated heterocycles. The van der Waals surface area contributed by atoms with Crippen LogP contribution in [-0.4, -0.2) is 198 Å². The molecule has 454 valence electrons. The van der Waals surface area contributed by atoms with Gasteiger partial charge in [-0.25, -0.2) is 23.5 Å². The minimum absolute atomic E-state index is 0. The van der Waals surface area contributed by atoms with E-state index in [1.54, 1.807) is 13.8 Å². The summed E-state index contributed by atoms with van der Waals surface area (Å²) < 4.78 is 82.9. The first-order valence-corrected chi connectivity index (χ1v) is 27.4. The fraction of sp³-hybridized carbons (Fsp3) is 0.500. The lowest BCUT2D eigenvalue weighted by Crippen LogP contribution is -2.61. The Labute approximate surface area is 475 Å². The fourth-order valence-corrected chi connectivity index (χ4v) is 9.38. The molecule has 0 saturated carbocycles. The first-order chi connectivity index (χ1) is 39.1. The highest BCUT2D eigenvalue weighted by Gasteiger charge is 2.49. The number of aliphatic hydroxyl groups is 5. The fourth-order valence-electron chi connectivity index (χ4n) is 8.98. The van der Waals surface area contributed by atoms with E-state index >= 15 is 4.39 Å². The number of nitrogen functional groups attached to an aromatic ring is 1. The van der Waals surface area contributed by atoms with Crippen molar-refractivity contribution >= 4 is 62.3 Å². The number of carboxylic acid groups (broad SMARTS) is 1. The number of ether oxygens (including phenoxy) is 7. The van der Waals surface area contributed by atoms with Crippen molar-refractivity contribution in [3.63, 3.8) is 0 Å². The van der Waals surface area contributed by atoms with Crippen molar-refractivity contribution in [2.45, 2.75) is 94.9 Å². The maximum absolute atomic E-state index is 15.2. The Morgan fingerprint density at radius 3 is 2.29 bits per heavy atom. The predicted molar refractivity (Wildman–Crippen MR) is 286 cm³/mol. The molecule has 29 nitrogen and oxygen atoms in total. The molecule has 5 heterocycles. The third kappa shape index (κ3) is 16.6. The lowest BCUT2D eigenvalue weighted by molar-refractivity contribution is -0.668. The van der Waals surface area contributed by atoms with Crippen molar-refractivity contribution in [1.82, 2.24) is 24.5 Å². The van der Waals surface area contributed by atoms with Crippen molar-refractivity contribution in [3.05, 3.63) is 78.9 Å². The number of carboxylic acids is 1. The number of hydrogen-bond donors (Lipinski definition) is 11. The van der Waals surface area contributed by atoms with E-state index in [9.17, 15) is 63.0 Å². The van der Waals surface area contributed by atoms with Gasteiger partial charge in [-0.3, -0.25) is 24.1 Å². The monoisotopic (exact) mass is 1190 g/mol. The number of anilines is 2. The van der Waals surface area contributed by atoms with E-state index in [-0.39, 0.29) is 155 Å². The van der Waals surface area contributed by atoms with Crippen molar-refractivity contribution in [3.8, 4) is 23.3 Å². The number of nitrogens with two attached hydrogens (primary N) is 2. The van der Waals surface area contributed by atoms with Gasteiger partial charge in [0.25, 0.3) is 10.2 Å². The van der Waals surface area contributed by atoms with Gasteiger partial charge >= 0.3 is 5.97 Å². The molecule has 3 fully saturated rings. The van der Waals surface area contributed by atoms with Crippen LogP contribution in [-0.2, 0) is 64.4 Å². The Balaban J connectivity index is 0.0000111. The minimum atomic E-state index is -4.27. The molecule has 4 aromatic rings. The topological polar surface area (TPSA) is 419 Å². The summed E-state index contributed by atoms with van der Waals surface area (Å²) in [4.78, 5) is 67.6. The lowest BCUT2D eigenvalue weighted by atomic mass is 9.99. The number of benzene rings is 2. The van der Waals surface area contributed by atoms with Crippen LogP contribution in [0.3, 0.4) is 0 Å². The molecule has 4 amide bonds. The Hall–Kier alpha value is -7.03. The first-order valence-electron chi connectivity index (χ1n) is 25.8. The zero-order valence-electron chi connectivity index (χ0n) is 45.4. The number of aromatic nitrogens is 3. The molecule has 13 N–H and O–H groups in total. The Morgan fingerprint density at radius 2 is 1.61 bits per heavy atom. The molecule has 2 aromatic carbocycles. The van der Waals surface area contributed by atoms with Gasteiger partial charge in [0.05, 0.1) is 76.8 Å². The maximum atomic E-state index is 15.2. The molecule has 7 rings (SSSR count). The maximum Gasteiger partial charge on any atom is 0.335 e. The number of aliphatic carboxylic acids is 1. The Bertz CT molecular complexity index is 3140. The van der Waals surface area contributed by atoms with Crippen LogP contribution in [0.25, 0.3) is 11.0 Å². The highest BCUT2D eigenvalue weighted by Crippen LogP contribution is 2.36. The molecule has 1 unspecified atom stereocenters. The zero-order chi connectivity index (χ0) is 59.4. The molecule has 31 heteroatoms. The van der Waals surface area contributed by atoms with Crippen LogP contribution < -0.4 is 40.3 Å². The second-order valence-electron chi connectivity index (χ2n) is 19.0. The number of rotatable bonds is 27. The molecule has 0 spiro atoms. The van der Waals surface area contributed by atoms with Gasteiger partial charge in [0, 0.05) is 38.3 Å². The summed E-state index contributed by atoms with van der Waals surface area (Å²) in [5.74, 6) is 1.22. The quantitative estimate of drug-likeness (QED) is 0.00952. The number of carbonyl (C=O) groups is 5. The van der Waals surface area contributed by atoms with E-state index < -0.39 is 95.6 Å². The molecule has 0 bridgehead atoms. The highest BCUT2D eigenvalue weighted by molar-refractivity contribution is 7.87. The molecule has 83 heavy (non-hydrogen) atoms. The average Bonchev–Trinajstić information content (AvgIpc) is 2.17. The number of halogens is 1. The molecule has 0 radical (unpaired) electrons. The van der Waals surface area contributed by atoms with E-state index in [0.717, 1.165) is 0 Å². The van der Waals surface area contributed by atoms with Crippen LogP contribution in [0.15, 0.2) is 48.9 Å². The minimum Gasteiger partial charge on any atom is -0.492 e. The van der Waals surface area contributed by atoms with E-state index in [0.29, 0.717) is 5.56 Å². The predicted octanol–water partition coefficient (Wildman–Crippen LogP) is -2.69. The van der Waals surface area contributed by atoms with E-state index in [1.165, 1.54) is 63.0 Å². The summed E-state index contributed by atoms with van der Waals surface area (Å²) in [5.41, 5.74) is 6.92. The summed E-state index contributed by atoms with van der Waals surface area (Å²) >= 11 is 0. The molecule has 2 aromatic heterocycles. The SMILES string of the molecule is CCOc1cccc(F)c1C#Cc1cn([C@@H]2O[C@H](CNS(N)(=O)=O)[C@@H](O)[C@H]2O)c2c1c(N)nc[n+]2Cc1ccc(O[C@@H]2O[C@H](C(=O)O)[C@@H](O)[C@H](O)[C@H]2O)c(NC(=O)CCNC(=O)CCOCCOCCOCCN2C(=O)CC(C)C2=O)c1.[CH3-]. The molecule has 3 aliphatic heterocycles. The summed E-state index contributed by atoms with van der Waals surface area (Å²) in [7, 11) is -4.27. The third-order valence-corrected chi connectivity index (χ3v) is 13.7. The van der Waals surface area contributed by atoms with E-state index in [4.69, 9.17) is 44.0 Å². The van der Waals surface area contributed by atoms with E-state index in [2.05, 4.69) is 27.5 Å². The molecular formula is C52H68FN9O20S. The number of carbonyl (C=O) groups excluding carboxylic acids is 4. The van der Waals surface area contributed by atoms with Crippen LogP contribution in [0, 0.1) is 31.0 Å². The van der Waals surface area contributed by atoms with Crippen molar-refractivity contribution in [2.24, 2.45) is 11.1 Å². The largest absolute Gasteiger partial charge is 0.492 e.